The van der Waals surface area contributed by atoms with Gasteiger partial charge >= 0.3 is 0 Å². The lowest BCUT2D eigenvalue weighted by Crippen LogP contribution is -2.28. The SMILES string of the molecule is O=C(NCC(O)c1ccsc1)c1ccnc(Cl)c1. The van der Waals surface area contributed by atoms with Crippen LogP contribution >= 0.6 is 22.9 Å². The molecule has 94 valence electrons. The van der Waals surface area contributed by atoms with Gasteiger partial charge in [0.2, 0.25) is 0 Å². The van der Waals surface area contributed by atoms with E-state index in [1.807, 2.05) is 16.8 Å². The summed E-state index contributed by atoms with van der Waals surface area (Å²) in [4.78, 5) is 15.6. The van der Waals surface area contributed by atoms with Crippen molar-refractivity contribution in [3.05, 3.63) is 51.4 Å². The monoisotopic (exact) mass is 282 g/mol. The molecule has 2 rings (SSSR count). The van der Waals surface area contributed by atoms with Crippen LogP contribution in [0.15, 0.2) is 35.2 Å². The third-order valence-electron chi connectivity index (χ3n) is 2.37. The minimum absolute atomic E-state index is 0.162. The van der Waals surface area contributed by atoms with Crippen LogP contribution in [0, 0.1) is 0 Å². The van der Waals surface area contributed by atoms with E-state index in [0.29, 0.717) is 5.56 Å². The topological polar surface area (TPSA) is 62.2 Å². The minimum Gasteiger partial charge on any atom is -0.387 e. The fourth-order valence-electron chi connectivity index (χ4n) is 1.42. The van der Waals surface area contributed by atoms with E-state index in [-0.39, 0.29) is 17.6 Å². The highest BCUT2D eigenvalue weighted by molar-refractivity contribution is 7.07. The van der Waals surface area contributed by atoms with Crippen molar-refractivity contribution in [3.8, 4) is 0 Å². The number of thiophene rings is 1. The summed E-state index contributed by atoms with van der Waals surface area (Å²) in [6.07, 6.45) is 0.768. The number of rotatable bonds is 4. The van der Waals surface area contributed by atoms with Crippen molar-refractivity contribution in [1.29, 1.82) is 0 Å². The largest absolute Gasteiger partial charge is 0.387 e. The van der Waals surface area contributed by atoms with Crippen LogP contribution in [0.4, 0.5) is 0 Å². The number of aliphatic hydroxyl groups excluding tert-OH is 1. The van der Waals surface area contributed by atoms with Crippen LogP contribution in [-0.4, -0.2) is 22.5 Å². The van der Waals surface area contributed by atoms with Crippen LogP contribution in [0.3, 0.4) is 0 Å². The van der Waals surface area contributed by atoms with Crippen LogP contribution in [0.1, 0.15) is 22.0 Å². The van der Waals surface area contributed by atoms with E-state index < -0.39 is 6.10 Å². The zero-order chi connectivity index (χ0) is 13.0. The van der Waals surface area contributed by atoms with Crippen molar-refractivity contribution in [2.45, 2.75) is 6.10 Å². The quantitative estimate of drug-likeness (QED) is 0.846. The molecule has 0 saturated heterocycles. The first kappa shape index (κ1) is 13.0. The van der Waals surface area contributed by atoms with Gasteiger partial charge in [-0.1, -0.05) is 11.6 Å². The number of aliphatic hydroxyl groups is 1. The number of nitrogens with zero attached hydrogens (tertiary/aromatic N) is 1. The molecule has 2 aromatic rings. The number of halogens is 1. The van der Waals surface area contributed by atoms with Gasteiger partial charge in [-0.3, -0.25) is 4.79 Å². The van der Waals surface area contributed by atoms with Crippen LogP contribution in [0.5, 0.6) is 0 Å². The molecular weight excluding hydrogens is 272 g/mol. The van der Waals surface area contributed by atoms with E-state index in [1.54, 1.807) is 6.07 Å². The van der Waals surface area contributed by atoms with E-state index in [2.05, 4.69) is 10.3 Å². The van der Waals surface area contributed by atoms with Gasteiger partial charge in [-0.25, -0.2) is 4.98 Å². The molecule has 2 heterocycles. The lowest BCUT2D eigenvalue weighted by molar-refractivity contribution is 0.0916. The number of nitrogens with one attached hydrogen (secondary N) is 1. The zero-order valence-corrected chi connectivity index (χ0v) is 10.9. The number of carbonyl (C=O) groups excluding carboxylic acids is 1. The maximum absolute atomic E-state index is 11.8. The Labute approximate surface area is 113 Å². The second-order valence-corrected chi connectivity index (χ2v) is 4.82. The number of hydrogen-bond donors (Lipinski definition) is 2. The standard InChI is InChI=1S/C12H11ClN2O2S/c13-11-5-8(1-3-14-11)12(17)15-6-10(16)9-2-4-18-7-9/h1-5,7,10,16H,6H2,(H,15,17). The lowest BCUT2D eigenvalue weighted by Gasteiger charge is -2.10. The fourth-order valence-corrected chi connectivity index (χ4v) is 2.30. The predicted molar refractivity (Wildman–Crippen MR) is 70.9 cm³/mol. The summed E-state index contributed by atoms with van der Waals surface area (Å²) in [6.45, 7) is 0.162. The van der Waals surface area contributed by atoms with Gasteiger partial charge in [-0.15, -0.1) is 0 Å². The number of pyridine rings is 1. The number of carbonyl (C=O) groups is 1. The molecule has 0 aliphatic carbocycles. The smallest absolute Gasteiger partial charge is 0.251 e. The van der Waals surface area contributed by atoms with Crippen molar-refractivity contribution in [3.63, 3.8) is 0 Å². The Balaban J connectivity index is 1.92. The average molecular weight is 283 g/mol. The van der Waals surface area contributed by atoms with E-state index in [0.717, 1.165) is 5.56 Å². The van der Waals surface area contributed by atoms with Gasteiger partial charge in [0.15, 0.2) is 0 Å². The Morgan fingerprint density at radius 3 is 3.06 bits per heavy atom. The van der Waals surface area contributed by atoms with Crippen LogP contribution in [0.25, 0.3) is 0 Å². The summed E-state index contributed by atoms with van der Waals surface area (Å²) in [7, 11) is 0. The van der Waals surface area contributed by atoms with E-state index in [4.69, 9.17) is 11.6 Å². The summed E-state index contributed by atoms with van der Waals surface area (Å²) >= 11 is 7.20. The summed E-state index contributed by atoms with van der Waals surface area (Å²) in [5.41, 5.74) is 1.22. The van der Waals surface area contributed by atoms with Crippen molar-refractivity contribution in [1.82, 2.24) is 10.3 Å². The Morgan fingerprint density at radius 2 is 2.39 bits per heavy atom. The van der Waals surface area contributed by atoms with Crippen LogP contribution in [-0.2, 0) is 0 Å². The van der Waals surface area contributed by atoms with Gasteiger partial charge < -0.3 is 10.4 Å². The highest BCUT2D eigenvalue weighted by Gasteiger charge is 2.11. The molecule has 0 aromatic carbocycles. The molecule has 0 aliphatic heterocycles. The van der Waals surface area contributed by atoms with Gasteiger partial charge in [0.1, 0.15) is 5.15 Å². The maximum Gasteiger partial charge on any atom is 0.251 e. The summed E-state index contributed by atoms with van der Waals surface area (Å²) in [6, 6.07) is 4.87. The van der Waals surface area contributed by atoms with E-state index in [9.17, 15) is 9.90 Å². The summed E-state index contributed by atoms with van der Waals surface area (Å²) in [5.74, 6) is -0.284. The zero-order valence-electron chi connectivity index (χ0n) is 9.34. The second-order valence-electron chi connectivity index (χ2n) is 3.65. The molecule has 1 atom stereocenters. The molecule has 1 amide bonds. The molecule has 0 saturated carbocycles. The molecule has 0 radical (unpaired) electrons. The Kier molecular flexibility index (Phi) is 4.30. The molecular formula is C12H11ClN2O2S. The second kappa shape index (κ2) is 5.95. The van der Waals surface area contributed by atoms with Crippen LogP contribution in [0.2, 0.25) is 5.15 Å². The lowest BCUT2D eigenvalue weighted by atomic mass is 10.2. The van der Waals surface area contributed by atoms with Gasteiger partial charge in [0, 0.05) is 18.3 Å². The first-order chi connectivity index (χ1) is 8.66. The molecule has 4 nitrogen and oxygen atoms in total. The highest BCUT2D eigenvalue weighted by Crippen LogP contribution is 2.15. The fraction of sp³-hybridized carbons (Fsp3) is 0.167. The van der Waals surface area contributed by atoms with Crippen molar-refractivity contribution < 1.29 is 9.90 Å². The molecule has 1 unspecified atom stereocenters. The third kappa shape index (κ3) is 3.29. The predicted octanol–water partition coefficient (Wildman–Crippen LogP) is 2.26. The molecule has 0 fully saturated rings. The molecule has 6 heteroatoms. The first-order valence-corrected chi connectivity index (χ1v) is 6.59. The van der Waals surface area contributed by atoms with Crippen molar-refractivity contribution >= 4 is 28.8 Å². The Hall–Kier alpha value is -1.43. The van der Waals surface area contributed by atoms with Gasteiger partial charge in [0.25, 0.3) is 5.91 Å². The molecule has 2 N–H and O–H groups in total. The highest BCUT2D eigenvalue weighted by atomic mass is 35.5. The van der Waals surface area contributed by atoms with Crippen molar-refractivity contribution in [2.24, 2.45) is 0 Å². The molecule has 0 spiro atoms. The maximum atomic E-state index is 11.8. The van der Waals surface area contributed by atoms with Crippen LogP contribution < -0.4 is 5.32 Å². The Morgan fingerprint density at radius 1 is 1.56 bits per heavy atom. The number of hydrogen-bond acceptors (Lipinski definition) is 4. The van der Waals surface area contributed by atoms with Gasteiger partial charge in [-0.05, 0) is 34.5 Å². The molecule has 0 bridgehead atoms. The number of aromatic nitrogens is 1. The average Bonchev–Trinajstić information content (AvgIpc) is 2.89. The summed E-state index contributed by atoms with van der Waals surface area (Å²) < 4.78 is 0. The summed E-state index contributed by atoms with van der Waals surface area (Å²) in [5, 5.41) is 16.4. The molecule has 2 aromatic heterocycles. The Bertz CT molecular complexity index is 531. The molecule has 0 aliphatic rings. The van der Waals surface area contributed by atoms with E-state index in [1.165, 1.54) is 23.6 Å². The first-order valence-electron chi connectivity index (χ1n) is 5.27. The van der Waals surface area contributed by atoms with E-state index >= 15 is 0 Å². The number of amides is 1. The van der Waals surface area contributed by atoms with Gasteiger partial charge in [0.05, 0.1) is 6.10 Å². The molecule has 18 heavy (non-hydrogen) atoms. The van der Waals surface area contributed by atoms with Crippen molar-refractivity contribution in [2.75, 3.05) is 6.54 Å². The minimum atomic E-state index is -0.697. The third-order valence-corrected chi connectivity index (χ3v) is 3.28. The normalized spacial score (nSPS) is 12.1. The van der Waals surface area contributed by atoms with Gasteiger partial charge in [-0.2, -0.15) is 11.3 Å².